The summed E-state index contributed by atoms with van der Waals surface area (Å²) >= 11 is 5.31. The van der Waals surface area contributed by atoms with E-state index in [-0.39, 0.29) is 5.56 Å². The van der Waals surface area contributed by atoms with Crippen molar-refractivity contribution in [2.24, 2.45) is 5.92 Å². The molecule has 2 aromatic rings. The molecule has 1 heterocycles. The topological polar surface area (TPSA) is 37.8 Å². The van der Waals surface area contributed by atoms with Gasteiger partial charge in [-0.15, -0.1) is 0 Å². The Bertz CT molecular complexity index is 680. The average molecular weight is 260 g/mol. The number of fused-ring (bicyclic) bond motifs is 1. The lowest BCUT2D eigenvalue weighted by Gasteiger charge is -2.12. The normalized spacial score (nSPS) is 16.4. The zero-order chi connectivity index (χ0) is 12.5. The van der Waals surface area contributed by atoms with E-state index in [1.165, 1.54) is 25.7 Å². The molecular weight excluding hydrogens is 244 g/mol. The Kier molecular flexibility index (Phi) is 3.04. The highest BCUT2D eigenvalue weighted by Crippen LogP contribution is 2.25. The van der Waals surface area contributed by atoms with Gasteiger partial charge in [0, 0.05) is 6.54 Å². The van der Waals surface area contributed by atoms with E-state index in [9.17, 15) is 4.79 Å². The van der Waals surface area contributed by atoms with Gasteiger partial charge in [0.2, 0.25) is 0 Å². The zero-order valence-electron chi connectivity index (χ0n) is 10.2. The molecule has 0 saturated heterocycles. The number of aromatic nitrogens is 2. The molecule has 0 bridgehead atoms. The van der Waals surface area contributed by atoms with Crippen LogP contribution in [-0.4, -0.2) is 9.55 Å². The molecule has 3 rings (SSSR count). The van der Waals surface area contributed by atoms with Crippen LogP contribution in [0.25, 0.3) is 10.9 Å². The van der Waals surface area contributed by atoms with Crippen LogP contribution in [0.4, 0.5) is 0 Å². The fraction of sp³-hybridized carbons (Fsp3) is 0.429. The second kappa shape index (κ2) is 4.69. The van der Waals surface area contributed by atoms with Gasteiger partial charge >= 0.3 is 0 Å². The first-order valence-electron chi connectivity index (χ1n) is 6.47. The second-order valence-electron chi connectivity index (χ2n) is 5.04. The lowest BCUT2D eigenvalue weighted by molar-refractivity contribution is 0.444. The average Bonchev–Trinajstić information content (AvgIpc) is 2.87. The van der Waals surface area contributed by atoms with Crippen molar-refractivity contribution in [3.63, 3.8) is 0 Å². The van der Waals surface area contributed by atoms with Gasteiger partial charge in [-0.1, -0.05) is 25.0 Å². The molecule has 0 spiro atoms. The van der Waals surface area contributed by atoms with Gasteiger partial charge < -0.3 is 4.98 Å². The molecule has 1 saturated carbocycles. The van der Waals surface area contributed by atoms with E-state index in [2.05, 4.69) is 4.98 Å². The summed E-state index contributed by atoms with van der Waals surface area (Å²) in [6, 6.07) is 7.55. The van der Waals surface area contributed by atoms with Gasteiger partial charge in [0.05, 0.1) is 10.9 Å². The minimum atomic E-state index is 0.0428. The van der Waals surface area contributed by atoms with Crippen LogP contribution < -0.4 is 5.56 Å². The molecule has 0 atom stereocenters. The molecule has 94 valence electrons. The molecule has 1 aromatic heterocycles. The third-order valence-electron chi connectivity index (χ3n) is 3.80. The van der Waals surface area contributed by atoms with Crippen LogP contribution in [0.15, 0.2) is 29.1 Å². The van der Waals surface area contributed by atoms with Crippen molar-refractivity contribution in [3.8, 4) is 0 Å². The maximum atomic E-state index is 12.4. The van der Waals surface area contributed by atoms with Crippen LogP contribution in [0.5, 0.6) is 0 Å². The molecule has 1 fully saturated rings. The van der Waals surface area contributed by atoms with Crippen molar-refractivity contribution < 1.29 is 0 Å². The number of nitrogens with one attached hydrogen (secondary N) is 1. The van der Waals surface area contributed by atoms with Crippen molar-refractivity contribution in [2.75, 3.05) is 0 Å². The fourth-order valence-corrected chi connectivity index (χ4v) is 3.08. The summed E-state index contributed by atoms with van der Waals surface area (Å²) in [6.45, 7) is 0.763. The van der Waals surface area contributed by atoms with Gasteiger partial charge in [-0.25, -0.2) is 0 Å². The first-order chi connectivity index (χ1) is 8.75. The highest BCUT2D eigenvalue weighted by molar-refractivity contribution is 7.71. The molecule has 4 heteroatoms. The number of rotatable bonds is 2. The number of H-pyrrole nitrogens is 1. The van der Waals surface area contributed by atoms with Crippen molar-refractivity contribution in [2.45, 2.75) is 32.2 Å². The number of aromatic amines is 1. The number of para-hydroxylation sites is 1. The van der Waals surface area contributed by atoms with E-state index < -0.39 is 0 Å². The maximum absolute atomic E-state index is 12.4. The summed E-state index contributed by atoms with van der Waals surface area (Å²) in [5.74, 6) is 0.610. The molecule has 0 aliphatic heterocycles. The second-order valence-corrected chi connectivity index (χ2v) is 5.43. The first kappa shape index (κ1) is 11.7. The maximum Gasteiger partial charge on any atom is 0.262 e. The molecule has 0 unspecified atom stereocenters. The van der Waals surface area contributed by atoms with Crippen LogP contribution in [0.3, 0.4) is 0 Å². The molecule has 0 amide bonds. The molecule has 1 aliphatic carbocycles. The van der Waals surface area contributed by atoms with E-state index in [0.717, 1.165) is 17.4 Å². The molecule has 1 N–H and O–H groups in total. The third-order valence-corrected chi connectivity index (χ3v) is 4.13. The largest absolute Gasteiger partial charge is 0.332 e. The number of benzene rings is 1. The lowest BCUT2D eigenvalue weighted by atomic mass is 10.1. The molecular formula is C14H16N2OS. The Morgan fingerprint density at radius 3 is 2.78 bits per heavy atom. The van der Waals surface area contributed by atoms with Crippen molar-refractivity contribution >= 4 is 23.1 Å². The fourth-order valence-electron chi connectivity index (χ4n) is 2.82. The quantitative estimate of drug-likeness (QED) is 0.842. The summed E-state index contributed by atoms with van der Waals surface area (Å²) in [7, 11) is 0. The molecule has 0 radical (unpaired) electrons. The van der Waals surface area contributed by atoms with E-state index in [1.54, 1.807) is 4.57 Å². The highest BCUT2D eigenvalue weighted by atomic mass is 32.1. The molecule has 1 aromatic carbocycles. The summed E-state index contributed by atoms with van der Waals surface area (Å²) in [6.07, 6.45) is 5.00. The Labute approximate surface area is 110 Å². The van der Waals surface area contributed by atoms with Gasteiger partial charge in [-0.05, 0) is 43.1 Å². The van der Waals surface area contributed by atoms with Gasteiger partial charge in [-0.3, -0.25) is 9.36 Å². The Morgan fingerprint density at radius 1 is 1.28 bits per heavy atom. The van der Waals surface area contributed by atoms with Gasteiger partial charge in [0.15, 0.2) is 4.77 Å². The summed E-state index contributed by atoms with van der Waals surface area (Å²) in [5.41, 5.74) is 0.872. The number of hydrogen-bond donors (Lipinski definition) is 1. The van der Waals surface area contributed by atoms with Crippen LogP contribution in [-0.2, 0) is 6.54 Å². The van der Waals surface area contributed by atoms with Gasteiger partial charge in [0.1, 0.15) is 0 Å². The van der Waals surface area contributed by atoms with Crippen molar-refractivity contribution in [1.29, 1.82) is 0 Å². The standard InChI is InChI=1S/C14H16N2OS/c17-13-11-7-3-4-8-12(11)15-14(18)16(13)9-10-5-1-2-6-10/h3-4,7-8,10H,1-2,5-6,9H2,(H,15,18). The lowest BCUT2D eigenvalue weighted by Crippen LogP contribution is -2.25. The number of nitrogens with zero attached hydrogens (tertiary/aromatic N) is 1. The summed E-state index contributed by atoms with van der Waals surface area (Å²) in [4.78, 5) is 15.6. The van der Waals surface area contributed by atoms with E-state index >= 15 is 0 Å². The Morgan fingerprint density at radius 2 is 2.00 bits per heavy atom. The highest BCUT2D eigenvalue weighted by Gasteiger charge is 2.17. The Hall–Kier alpha value is -1.42. The van der Waals surface area contributed by atoms with E-state index in [4.69, 9.17) is 12.2 Å². The van der Waals surface area contributed by atoms with E-state index in [1.807, 2.05) is 24.3 Å². The smallest absolute Gasteiger partial charge is 0.262 e. The molecule has 1 aliphatic rings. The first-order valence-corrected chi connectivity index (χ1v) is 6.88. The molecule has 18 heavy (non-hydrogen) atoms. The minimum absolute atomic E-state index is 0.0428. The van der Waals surface area contributed by atoms with Gasteiger partial charge in [0.25, 0.3) is 5.56 Å². The summed E-state index contributed by atoms with van der Waals surface area (Å²) in [5, 5.41) is 0.726. The predicted octanol–water partition coefficient (Wildman–Crippen LogP) is 3.25. The van der Waals surface area contributed by atoms with Crippen LogP contribution in [0.1, 0.15) is 25.7 Å². The van der Waals surface area contributed by atoms with Crippen LogP contribution in [0.2, 0.25) is 0 Å². The minimum Gasteiger partial charge on any atom is -0.332 e. The summed E-state index contributed by atoms with van der Waals surface area (Å²) < 4.78 is 2.28. The van der Waals surface area contributed by atoms with E-state index in [0.29, 0.717) is 10.7 Å². The third kappa shape index (κ3) is 2.01. The predicted molar refractivity (Wildman–Crippen MR) is 75.4 cm³/mol. The van der Waals surface area contributed by atoms with Crippen molar-refractivity contribution in [3.05, 3.63) is 39.4 Å². The SMILES string of the molecule is O=c1c2ccccc2[nH]c(=S)n1CC1CCCC1. The monoisotopic (exact) mass is 260 g/mol. The zero-order valence-corrected chi connectivity index (χ0v) is 11.0. The van der Waals surface area contributed by atoms with Gasteiger partial charge in [-0.2, -0.15) is 0 Å². The van der Waals surface area contributed by atoms with Crippen LogP contribution >= 0.6 is 12.2 Å². The van der Waals surface area contributed by atoms with Crippen molar-refractivity contribution in [1.82, 2.24) is 9.55 Å². The number of hydrogen-bond acceptors (Lipinski definition) is 2. The van der Waals surface area contributed by atoms with Crippen LogP contribution in [0, 0.1) is 10.7 Å². The molecule has 3 nitrogen and oxygen atoms in total. The Balaban J connectivity index is 2.11.